The standard InChI is InChI=1S/C17H18ClFN2O2/c1-11(10-22)21-17(23)12-3-6-15(7-4-12)20-9-13-2-5-14(19)8-16(13)18/h2-8,11,20,22H,9-10H2,1H3,(H,21,23)/t11-/m0/s1. The summed E-state index contributed by atoms with van der Waals surface area (Å²) >= 11 is 5.97. The van der Waals surface area contributed by atoms with Crippen molar-refractivity contribution in [3.05, 3.63) is 64.4 Å². The molecule has 0 aliphatic carbocycles. The maximum absolute atomic E-state index is 13.0. The van der Waals surface area contributed by atoms with E-state index < -0.39 is 0 Å². The summed E-state index contributed by atoms with van der Waals surface area (Å²) in [6.07, 6.45) is 0. The Hall–Kier alpha value is -2.11. The summed E-state index contributed by atoms with van der Waals surface area (Å²) in [5.74, 6) is -0.606. The molecule has 2 aromatic carbocycles. The number of aliphatic hydroxyl groups excluding tert-OH is 1. The number of aliphatic hydroxyl groups is 1. The van der Waals surface area contributed by atoms with Gasteiger partial charge in [0.15, 0.2) is 0 Å². The van der Waals surface area contributed by atoms with Gasteiger partial charge in [-0.2, -0.15) is 0 Å². The second-order valence-corrected chi connectivity index (χ2v) is 5.63. The van der Waals surface area contributed by atoms with Gasteiger partial charge in [0.25, 0.3) is 5.91 Å². The molecule has 0 fully saturated rings. The quantitative estimate of drug-likeness (QED) is 0.759. The molecule has 0 aromatic heterocycles. The molecule has 0 saturated heterocycles. The lowest BCUT2D eigenvalue weighted by molar-refractivity contribution is 0.0922. The van der Waals surface area contributed by atoms with Crippen molar-refractivity contribution >= 4 is 23.2 Å². The smallest absolute Gasteiger partial charge is 0.251 e. The minimum Gasteiger partial charge on any atom is -0.394 e. The largest absolute Gasteiger partial charge is 0.394 e. The van der Waals surface area contributed by atoms with Crippen LogP contribution < -0.4 is 10.6 Å². The number of hydrogen-bond acceptors (Lipinski definition) is 3. The molecule has 0 heterocycles. The van der Waals surface area contributed by atoms with Crippen molar-refractivity contribution < 1.29 is 14.3 Å². The van der Waals surface area contributed by atoms with E-state index in [-0.39, 0.29) is 24.4 Å². The molecule has 23 heavy (non-hydrogen) atoms. The number of carbonyl (C=O) groups is 1. The van der Waals surface area contributed by atoms with Crippen molar-refractivity contribution in [1.82, 2.24) is 5.32 Å². The Morgan fingerprint density at radius 1 is 1.26 bits per heavy atom. The van der Waals surface area contributed by atoms with E-state index in [1.54, 1.807) is 37.3 Å². The number of carbonyl (C=O) groups excluding carboxylic acids is 1. The third-order valence-electron chi connectivity index (χ3n) is 3.30. The Kier molecular flexibility index (Phi) is 5.96. The third kappa shape index (κ3) is 4.94. The SMILES string of the molecule is C[C@@H](CO)NC(=O)c1ccc(NCc2ccc(F)cc2Cl)cc1. The zero-order valence-electron chi connectivity index (χ0n) is 12.6. The molecule has 122 valence electrons. The summed E-state index contributed by atoms with van der Waals surface area (Å²) in [6.45, 7) is 2.07. The lowest BCUT2D eigenvalue weighted by Gasteiger charge is -2.12. The van der Waals surface area contributed by atoms with Crippen LogP contribution in [0.25, 0.3) is 0 Å². The van der Waals surface area contributed by atoms with Crippen molar-refractivity contribution in [2.45, 2.75) is 19.5 Å². The van der Waals surface area contributed by atoms with E-state index in [0.29, 0.717) is 17.1 Å². The summed E-state index contributed by atoms with van der Waals surface area (Å²) < 4.78 is 13.0. The highest BCUT2D eigenvalue weighted by Gasteiger charge is 2.08. The van der Waals surface area contributed by atoms with Gasteiger partial charge in [0.2, 0.25) is 0 Å². The topological polar surface area (TPSA) is 61.4 Å². The van der Waals surface area contributed by atoms with Gasteiger partial charge in [-0.05, 0) is 48.9 Å². The molecule has 0 spiro atoms. The first-order valence-electron chi connectivity index (χ1n) is 7.19. The van der Waals surface area contributed by atoms with Gasteiger partial charge >= 0.3 is 0 Å². The van der Waals surface area contributed by atoms with Crippen molar-refractivity contribution in [3.8, 4) is 0 Å². The summed E-state index contributed by atoms with van der Waals surface area (Å²) in [7, 11) is 0. The van der Waals surface area contributed by atoms with Crippen LogP contribution in [-0.4, -0.2) is 23.7 Å². The van der Waals surface area contributed by atoms with E-state index in [1.807, 2.05) is 0 Å². The predicted molar refractivity (Wildman–Crippen MR) is 89.2 cm³/mol. The van der Waals surface area contributed by atoms with Gasteiger partial charge in [0.05, 0.1) is 6.61 Å². The lowest BCUT2D eigenvalue weighted by atomic mass is 10.1. The number of rotatable bonds is 6. The van der Waals surface area contributed by atoms with E-state index in [9.17, 15) is 9.18 Å². The van der Waals surface area contributed by atoms with Crippen LogP contribution in [0.2, 0.25) is 5.02 Å². The maximum atomic E-state index is 13.0. The molecule has 0 saturated carbocycles. The normalized spacial score (nSPS) is 11.8. The van der Waals surface area contributed by atoms with Crippen LogP contribution in [0.15, 0.2) is 42.5 Å². The van der Waals surface area contributed by atoms with E-state index in [1.165, 1.54) is 12.1 Å². The molecule has 2 rings (SSSR count). The summed E-state index contributed by atoms with van der Waals surface area (Å²) in [4.78, 5) is 11.9. The minimum atomic E-state index is -0.369. The van der Waals surface area contributed by atoms with Crippen molar-refractivity contribution in [3.63, 3.8) is 0 Å². The Balaban J connectivity index is 1.96. The van der Waals surface area contributed by atoms with Gasteiger partial charge in [-0.3, -0.25) is 4.79 Å². The molecular formula is C17H18ClFN2O2. The zero-order chi connectivity index (χ0) is 16.8. The highest BCUT2D eigenvalue weighted by atomic mass is 35.5. The van der Waals surface area contributed by atoms with E-state index >= 15 is 0 Å². The molecule has 0 bridgehead atoms. The van der Waals surface area contributed by atoms with Crippen LogP contribution in [0, 0.1) is 5.82 Å². The second-order valence-electron chi connectivity index (χ2n) is 5.22. The van der Waals surface area contributed by atoms with Gasteiger partial charge in [-0.15, -0.1) is 0 Å². The molecule has 1 amide bonds. The van der Waals surface area contributed by atoms with E-state index in [4.69, 9.17) is 16.7 Å². The van der Waals surface area contributed by atoms with E-state index in [2.05, 4.69) is 10.6 Å². The predicted octanol–water partition coefficient (Wildman–Crippen LogP) is 3.20. The van der Waals surface area contributed by atoms with Crippen LogP contribution in [0.4, 0.5) is 10.1 Å². The van der Waals surface area contributed by atoms with Crippen molar-refractivity contribution in [2.24, 2.45) is 0 Å². The van der Waals surface area contributed by atoms with Crippen LogP contribution >= 0.6 is 11.6 Å². The highest BCUT2D eigenvalue weighted by molar-refractivity contribution is 6.31. The van der Waals surface area contributed by atoms with Crippen molar-refractivity contribution in [2.75, 3.05) is 11.9 Å². The second kappa shape index (κ2) is 7.94. The first kappa shape index (κ1) is 17.2. The van der Waals surface area contributed by atoms with Crippen molar-refractivity contribution in [1.29, 1.82) is 0 Å². The zero-order valence-corrected chi connectivity index (χ0v) is 13.4. The molecule has 6 heteroatoms. The Labute approximate surface area is 139 Å². The van der Waals surface area contributed by atoms with Crippen LogP contribution in [-0.2, 0) is 6.54 Å². The monoisotopic (exact) mass is 336 g/mol. The Morgan fingerprint density at radius 3 is 2.57 bits per heavy atom. The van der Waals surface area contributed by atoms with Crippen LogP contribution in [0.5, 0.6) is 0 Å². The number of amides is 1. The van der Waals surface area contributed by atoms with Crippen LogP contribution in [0.1, 0.15) is 22.8 Å². The first-order valence-corrected chi connectivity index (χ1v) is 7.57. The number of benzene rings is 2. The van der Waals surface area contributed by atoms with Crippen LogP contribution in [0.3, 0.4) is 0 Å². The third-order valence-corrected chi connectivity index (χ3v) is 3.65. The highest BCUT2D eigenvalue weighted by Crippen LogP contribution is 2.19. The molecule has 1 atom stereocenters. The summed E-state index contributed by atoms with van der Waals surface area (Å²) in [5, 5.41) is 15.1. The lowest BCUT2D eigenvalue weighted by Crippen LogP contribution is -2.34. The molecule has 2 aromatic rings. The molecular weight excluding hydrogens is 319 g/mol. The maximum Gasteiger partial charge on any atom is 0.251 e. The van der Waals surface area contributed by atoms with Gasteiger partial charge in [0.1, 0.15) is 5.82 Å². The molecule has 0 unspecified atom stereocenters. The Morgan fingerprint density at radius 2 is 1.96 bits per heavy atom. The fraction of sp³-hybridized carbons (Fsp3) is 0.235. The molecule has 0 aliphatic rings. The van der Waals surface area contributed by atoms with Gasteiger partial charge in [0, 0.05) is 28.9 Å². The Bertz CT molecular complexity index is 677. The average molecular weight is 337 g/mol. The van der Waals surface area contributed by atoms with Gasteiger partial charge in [-0.25, -0.2) is 4.39 Å². The number of halogens is 2. The summed E-state index contributed by atoms with van der Waals surface area (Å²) in [6, 6.07) is 10.9. The molecule has 4 nitrogen and oxygen atoms in total. The van der Waals surface area contributed by atoms with Gasteiger partial charge < -0.3 is 15.7 Å². The molecule has 0 radical (unpaired) electrons. The first-order chi connectivity index (χ1) is 11.0. The fourth-order valence-electron chi connectivity index (χ4n) is 1.95. The summed E-state index contributed by atoms with van der Waals surface area (Å²) in [5.41, 5.74) is 2.11. The molecule has 3 N–H and O–H groups in total. The minimum absolute atomic E-state index is 0.107. The fourth-order valence-corrected chi connectivity index (χ4v) is 2.19. The number of anilines is 1. The molecule has 0 aliphatic heterocycles. The average Bonchev–Trinajstić information content (AvgIpc) is 2.54. The van der Waals surface area contributed by atoms with Gasteiger partial charge in [-0.1, -0.05) is 17.7 Å². The number of nitrogens with one attached hydrogen (secondary N) is 2. The number of hydrogen-bond donors (Lipinski definition) is 3. The van der Waals surface area contributed by atoms with E-state index in [0.717, 1.165) is 11.3 Å².